The van der Waals surface area contributed by atoms with Crippen LogP contribution in [-0.4, -0.2) is 47.2 Å². The summed E-state index contributed by atoms with van der Waals surface area (Å²) in [6, 6.07) is 1.56. The van der Waals surface area contributed by atoms with Gasteiger partial charge in [0.2, 0.25) is 0 Å². The molecule has 0 radical (unpaired) electrons. The zero-order valence-electron chi connectivity index (χ0n) is 11.4. The first-order chi connectivity index (χ1) is 7.93. The van der Waals surface area contributed by atoms with Crippen LogP contribution in [0.5, 0.6) is 0 Å². The first-order valence-electron chi connectivity index (χ1n) is 6.65. The molecule has 1 fully saturated rings. The molecule has 0 aliphatic heterocycles. The summed E-state index contributed by atoms with van der Waals surface area (Å²) in [7, 11) is 0. The van der Waals surface area contributed by atoms with Crippen LogP contribution in [0.15, 0.2) is 0 Å². The third-order valence-corrected chi connectivity index (χ3v) is 3.87. The summed E-state index contributed by atoms with van der Waals surface area (Å²) in [6.45, 7) is 9.68. The van der Waals surface area contributed by atoms with Crippen molar-refractivity contribution in [2.75, 3.05) is 13.1 Å². The predicted molar refractivity (Wildman–Crippen MR) is 69.1 cm³/mol. The minimum atomic E-state index is -0.723. The van der Waals surface area contributed by atoms with Crippen LogP contribution in [0.3, 0.4) is 0 Å². The summed E-state index contributed by atoms with van der Waals surface area (Å²) in [6.07, 6.45) is 2.16. The van der Waals surface area contributed by atoms with Crippen molar-refractivity contribution >= 4 is 5.97 Å². The minimum Gasteiger partial charge on any atom is -0.480 e. The smallest absolute Gasteiger partial charge is 0.317 e. The van der Waals surface area contributed by atoms with E-state index >= 15 is 0 Å². The second-order valence-corrected chi connectivity index (χ2v) is 5.48. The number of carboxylic acid groups (broad SMARTS) is 1. The highest BCUT2D eigenvalue weighted by atomic mass is 16.4. The molecular weight excluding hydrogens is 216 g/mol. The van der Waals surface area contributed by atoms with Crippen molar-refractivity contribution in [2.24, 2.45) is 5.92 Å². The van der Waals surface area contributed by atoms with E-state index in [0.717, 1.165) is 19.4 Å². The van der Waals surface area contributed by atoms with Gasteiger partial charge in [0.05, 0.1) is 6.54 Å². The van der Waals surface area contributed by atoms with E-state index in [2.05, 4.69) is 31.0 Å². The Bertz CT molecular complexity index is 250. The third-order valence-electron chi connectivity index (χ3n) is 3.87. The molecular formula is C13H26N2O2. The van der Waals surface area contributed by atoms with Crippen LogP contribution in [0.1, 0.15) is 40.5 Å². The molecule has 2 N–H and O–H groups in total. The number of nitrogens with zero attached hydrogens (tertiary/aromatic N) is 1. The average Bonchev–Trinajstić information content (AvgIpc) is 2.19. The molecule has 0 bridgehead atoms. The van der Waals surface area contributed by atoms with E-state index in [9.17, 15) is 4.79 Å². The monoisotopic (exact) mass is 242 g/mol. The van der Waals surface area contributed by atoms with E-state index in [1.54, 1.807) is 0 Å². The Morgan fingerprint density at radius 1 is 1.41 bits per heavy atom. The van der Waals surface area contributed by atoms with E-state index < -0.39 is 5.97 Å². The third kappa shape index (κ3) is 4.28. The highest BCUT2D eigenvalue weighted by Gasteiger charge is 2.34. The summed E-state index contributed by atoms with van der Waals surface area (Å²) in [4.78, 5) is 12.8. The number of carboxylic acids is 1. The normalized spacial score (nSPS) is 26.0. The second kappa shape index (κ2) is 6.36. The predicted octanol–water partition coefficient (Wildman–Crippen LogP) is 1.56. The fraction of sp³-hybridized carbons (Fsp3) is 0.923. The lowest BCUT2D eigenvalue weighted by Gasteiger charge is -2.44. The molecule has 1 aliphatic rings. The molecule has 17 heavy (non-hydrogen) atoms. The number of carbonyl (C=O) groups is 1. The number of rotatable bonds is 7. The molecule has 0 spiro atoms. The Morgan fingerprint density at radius 2 is 2.00 bits per heavy atom. The van der Waals surface area contributed by atoms with Gasteiger partial charge >= 0.3 is 5.97 Å². The average molecular weight is 242 g/mol. The van der Waals surface area contributed by atoms with Crippen molar-refractivity contribution in [1.82, 2.24) is 10.2 Å². The van der Waals surface area contributed by atoms with Crippen molar-refractivity contribution in [3.63, 3.8) is 0 Å². The van der Waals surface area contributed by atoms with Crippen molar-refractivity contribution in [1.29, 1.82) is 0 Å². The van der Waals surface area contributed by atoms with Gasteiger partial charge in [-0.15, -0.1) is 0 Å². The highest BCUT2D eigenvalue weighted by Crippen LogP contribution is 2.26. The number of nitrogens with one attached hydrogen (secondary N) is 1. The van der Waals surface area contributed by atoms with Gasteiger partial charge in [0.1, 0.15) is 0 Å². The number of hydrogen-bond acceptors (Lipinski definition) is 3. The summed E-state index contributed by atoms with van der Waals surface area (Å²) in [5, 5.41) is 12.4. The van der Waals surface area contributed by atoms with Crippen LogP contribution in [-0.2, 0) is 4.79 Å². The topological polar surface area (TPSA) is 52.6 Å². The molecule has 1 saturated carbocycles. The molecule has 4 nitrogen and oxygen atoms in total. The van der Waals surface area contributed by atoms with Crippen molar-refractivity contribution in [3.8, 4) is 0 Å². The van der Waals surface area contributed by atoms with Crippen LogP contribution >= 0.6 is 0 Å². The number of aliphatic carboxylic acids is 1. The zero-order valence-corrected chi connectivity index (χ0v) is 11.4. The SMILES string of the molecule is CCN(CC(=O)O)C1CC(NC(C)C(C)C)C1. The first kappa shape index (κ1) is 14.5. The molecule has 0 heterocycles. The molecule has 0 amide bonds. The van der Waals surface area contributed by atoms with Gasteiger partial charge in [0.25, 0.3) is 0 Å². The van der Waals surface area contributed by atoms with Gasteiger partial charge in [0.15, 0.2) is 0 Å². The maximum atomic E-state index is 10.7. The Morgan fingerprint density at radius 3 is 2.41 bits per heavy atom. The highest BCUT2D eigenvalue weighted by molar-refractivity contribution is 5.69. The van der Waals surface area contributed by atoms with E-state index in [-0.39, 0.29) is 6.54 Å². The lowest BCUT2D eigenvalue weighted by Crippen LogP contribution is -2.55. The second-order valence-electron chi connectivity index (χ2n) is 5.48. The maximum absolute atomic E-state index is 10.7. The molecule has 1 atom stereocenters. The number of hydrogen-bond donors (Lipinski definition) is 2. The van der Waals surface area contributed by atoms with Gasteiger partial charge in [-0.05, 0) is 32.2 Å². The molecule has 100 valence electrons. The Balaban J connectivity index is 2.27. The van der Waals surface area contributed by atoms with Gasteiger partial charge < -0.3 is 10.4 Å². The van der Waals surface area contributed by atoms with Crippen molar-refractivity contribution in [3.05, 3.63) is 0 Å². The van der Waals surface area contributed by atoms with Crippen LogP contribution in [0.4, 0.5) is 0 Å². The molecule has 1 aliphatic carbocycles. The maximum Gasteiger partial charge on any atom is 0.317 e. The van der Waals surface area contributed by atoms with Gasteiger partial charge in [-0.3, -0.25) is 9.69 Å². The van der Waals surface area contributed by atoms with Crippen molar-refractivity contribution in [2.45, 2.75) is 58.7 Å². The molecule has 0 aromatic carbocycles. The fourth-order valence-electron chi connectivity index (χ4n) is 2.26. The van der Waals surface area contributed by atoms with Gasteiger partial charge in [0, 0.05) is 18.1 Å². The summed E-state index contributed by atoms with van der Waals surface area (Å²) in [5.74, 6) is -0.0749. The Labute approximate surface area is 104 Å². The molecule has 0 saturated heterocycles. The lowest BCUT2D eigenvalue weighted by molar-refractivity contribution is -0.139. The summed E-state index contributed by atoms with van der Waals surface area (Å²) >= 11 is 0. The van der Waals surface area contributed by atoms with Gasteiger partial charge in [-0.2, -0.15) is 0 Å². The molecule has 1 unspecified atom stereocenters. The molecule has 1 rings (SSSR count). The van der Waals surface area contributed by atoms with Crippen LogP contribution in [0, 0.1) is 5.92 Å². The van der Waals surface area contributed by atoms with E-state index in [1.165, 1.54) is 0 Å². The van der Waals surface area contributed by atoms with Crippen molar-refractivity contribution < 1.29 is 9.90 Å². The van der Waals surface area contributed by atoms with Gasteiger partial charge in [-0.1, -0.05) is 20.8 Å². The van der Waals surface area contributed by atoms with E-state index in [4.69, 9.17) is 5.11 Å². The van der Waals surface area contributed by atoms with Crippen LogP contribution < -0.4 is 5.32 Å². The first-order valence-corrected chi connectivity index (χ1v) is 6.65. The van der Waals surface area contributed by atoms with Crippen LogP contribution in [0.25, 0.3) is 0 Å². The molecule has 0 aromatic rings. The lowest BCUT2D eigenvalue weighted by atomic mass is 9.84. The molecule has 0 aromatic heterocycles. The van der Waals surface area contributed by atoms with E-state index in [0.29, 0.717) is 24.0 Å². The van der Waals surface area contributed by atoms with Gasteiger partial charge in [-0.25, -0.2) is 0 Å². The summed E-state index contributed by atoms with van der Waals surface area (Å²) < 4.78 is 0. The van der Waals surface area contributed by atoms with E-state index in [1.807, 2.05) is 6.92 Å². The Hall–Kier alpha value is -0.610. The Kier molecular flexibility index (Phi) is 5.40. The summed E-state index contributed by atoms with van der Waals surface area (Å²) in [5.41, 5.74) is 0. The fourth-order valence-corrected chi connectivity index (χ4v) is 2.26. The minimum absolute atomic E-state index is 0.174. The molecule has 4 heteroatoms. The number of likely N-dealkylation sites (N-methyl/N-ethyl adjacent to an activating group) is 1. The largest absolute Gasteiger partial charge is 0.480 e. The quantitative estimate of drug-likeness (QED) is 0.711. The van der Waals surface area contributed by atoms with Crippen LogP contribution in [0.2, 0.25) is 0 Å². The zero-order chi connectivity index (χ0) is 13.0. The standard InChI is InChI=1S/C13H26N2O2/c1-5-15(8-13(16)17)12-6-11(7-12)14-10(4)9(2)3/h9-12,14H,5-8H2,1-4H3,(H,16,17).